The number of benzene rings is 1. The lowest BCUT2D eigenvalue weighted by Gasteiger charge is -2.06. The van der Waals surface area contributed by atoms with Crippen LogP contribution in [0.2, 0.25) is 0 Å². The minimum atomic E-state index is 0.864. The first kappa shape index (κ1) is 11.0. The molecular weight excluding hydrogens is 222 g/mol. The summed E-state index contributed by atoms with van der Waals surface area (Å²) in [6.45, 7) is 0.958. The zero-order chi connectivity index (χ0) is 12.2. The van der Waals surface area contributed by atoms with Crippen molar-refractivity contribution in [2.24, 2.45) is 4.99 Å². The van der Waals surface area contributed by atoms with Crippen LogP contribution in [0.25, 0.3) is 0 Å². The molecule has 0 unspecified atom stereocenters. The molecule has 0 bridgehead atoms. The van der Waals surface area contributed by atoms with Crippen LogP contribution in [0.1, 0.15) is 18.4 Å². The van der Waals surface area contributed by atoms with Gasteiger partial charge in [-0.25, -0.2) is 4.98 Å². The fourth-order valence-electron chi connectivity index (χ4n) is 2.08. The number of nitrogens with one attached hydrogen (secondary N) is 1. The van der Waals surface area contributed by atoms with Gasteiger partial charge in [-0.2, -0.15) is 0 Å². The largest absolute Gasteiger partial charge is 0.340 e. The number of aliphatic imine (C=N–C) groups is 1. The van der Waals surface area contributed by atoms with E-state index < -0.39 is 0 Å². The molecule has 18 heavy (non-hydrogen) atoms. The van der Waals surface area contributed by atoms with Crippen LogP contribution in [-0.4, -0.2) is 17.2 Å². The van der Waals surface area contributed by atoms with E-state index in [9.17, 15) is 0 Å². The van der Waals surface area contributed by atoms with E-state index in [2.05, 4.69) is 21.4 Å². The summed E-state index contributed by atoms with van der Waals surface area (Å²) in [6, 6.07) is 14.1. The van der Waals surface area contributed by atoms with Crippen LogP contribution in [0.5, 0.6) is 0 Å². The van der Waals surface area contributed by atoms with Gasteiger partial charge in [0, 0.05) is 29.7 Å². The van der Waals surface area contributed by atoms with E-state index in [1.807, 2.05) is 42.6 Å². The van der Waals surface area contributed by atoms with Crippen LogP contribution in [0.3, 0.4) is 0 Å². The van der Waals surface area contributed by atoms with Crippen molar-refractivity contribution in [2.45, 2.75) is 12.8 Å². The van der Waals surface area contributed by atoms with Crippen molar-refractivity contribution in [3.05, 3.63) is 54.2 Å². The lowest BCUT2D eigenvalue weighted by atomic mass is 10.1. The molecule has 1 N–H and O–H groups in total. The highest BCUT2D eigenvalue weighted by Crippen LogP contribution is 2.16. The summed E-state index contributed by atoms with van der Waals surface area (Å²) in [7, 11) is 0. The lowest BCUT2D eigenvalue weighted by molar-refractivity contribution is 0.951. The minimum Gasteiger partial charge on any atom is -0.340 e. The van der Waals surface area contributed by atoms with Gasteiger partial charge in [0.1, 0.15) is 5.82 Å². The van der Waals surface area contributed by atoms with Crippen LogP contribution in [-0.2, 0) is 0 Å². The molecule has 1 aliphatic rings. The first-order chi connectivity index (χ1) is 8.92. The van der Waals surface area contributed by atoms with Gasteiger partial charge in [0.05, 0.1) is 0 Å². The second-order valence-corrected chi connectivity index (χ2v) is 4.36. The summed E-state index contributed by atoms with van der Waals surface area (Å²) in [5.74, 6) is 0.864. The Bertz CT molecular complexity index is 544. The van der Waals surface area contributed by atoms with E-state index in [4.69, 9.17) is 0 Å². The number of hydrogen-bond donors (Lipinski definition) is 1. The molecule has 0 radical (unpaired) electrons. The maximum atomic E-state index is 4.48. The highest BCUT2D eigenvalue weighted by atomic mass is 15.0. The SMILES string of the molecule is c1ccc(Nc2ccc(C3=NCCC3)cn2)cc1. The molecule has 3 heteroatoms. The Morgan fingerprint density at radius 1 is 1.00 bits per heavy atom. The third kappa shape index (κ3) is 2.40. The zero-order valence-electron chi connectivity index (χ0n) is 10.1. The number of hydrogen-bond acceptors (Lipinski definition) is 3. The summed E-state index contributed by atoms with van der Waals surface area (Å²) < 4.78 is 0. The molecule has 1 aliphatic heterocycles. The number of nitrogens with zero attached hydrogens (tertiary/aromatic N) is 2. The summed E-state index contributed by atoms with van der Waals surface area (Å²) >= 11 is 0. The maximum Gasteiger partial charge on any atom is 0.130 e. The van der Waals surface area contributed by atoms with Crippen molar-refractivity contribution in [1.29, 1.82) is 0 Å². The number of para-hydroxylation sites is 1. The molecular formula is C15H15N3. The first-order valence-corrected chi connectivity index (χ1v) is 6.24. The smallest absolute Gasteiger partial charge is 0.130 e. The summed E-state index contributed by atoms with van der Waals surface area (Å²) in [6.07, 6.45) is 4.14. The second kappa shape index (κ2) is 5.00. The average Bonchev–Trinajstić information content (AvgIpc) is 2.95. The van der Waals surface area contributed by atoms with Gasteiger partial charge in [-0.15, -0.1) is 0 Å². The monoisotopic (exact) mass is 237 g/mol. The predicted octanol–water partition coefficient (Wildman–Crippen LogP) is 3.41. The summed E-state index contributed by atoms with van der Waals surface area (Å²) in [5.41, 5.74) is 3.39. The van der Waals surface area contributed by atoms with Crippen molar-refractivity contribution < 1.29 is 0 Å². The van der Waals surface area contributed by atoms with Crippen LogP contribution in [0.15, 0.2) is 53.7 Å². The van der Waals surface area contributed by atoms with Crippen LogP contribution < -0.4 is 5.32 Å². The van der Waals surface area contributed by atoms with Gasteiger partial charge >= 0.3 is 0 Å². The van der Waals surface area contributed by atoms with Gasteiger partial charge in [-0.3, -0.25) is 4.99 Å². The Hall–Kier alpha value is -2.16. The predicted molar refractivity (Wildman–Crippen MR) is 74.6 cm³/mol. The highest BCUT2D eigenvalue weighted by molar-refractivity contribution is 6.01. The van der Waals surface area contributed by atoms with Gasteiger partial charge in [-0.1, -0.05) is 18.2 Å². The lowest BCUT2D eigenvalue weighted by Crippen LogP contribution is -1.99. The van der Waals surface area contributed by atoms with E-state index in [0.717, 1.165) is 30.0 Å². The summed E-state index contributed by atoms with van der Waals surface area (Å²) in [5, 5.41) is 3.27. The molecule has 3 nitrogen and oxygen atoms in total. The molecule has 0 amide bonds. The Labute approximate surface area is 107 Å². The molecule has 3 rings (SSSR count). The maximum absolute atomic E-state index is 4.48. The van der Waals surface area contributed by atoms with Crippen LogP contribution >= 0.6 is 0 Å². The van der Waals surface area contributed by atoms with Gasteiger partial charge in [0.25, 0.3) is 0 Å². The molecule has 1 aromatic heterocycles. The Morgan fingerprint density at radius 3 is 2.56 bits per heavy atom. The van der Waals surface area contributed by atoms with E-state index in [1.54, 1.807) is 0 Å². The third-order valence-electron chi connectivity index (χ3n) is 3.02. The Balaban J connectivity index is 1.75. The van der Waals surface area contributed by atoms with Crippen LogP contribution in [0.4, 0.5) is 11.5 Å². The number of anilines is 2. The fraction of sp³-hybridized carbons (Fsp3) is 0.200. The number of rotatable bonds is 3. The molecule has 0 fully saturated rings. The number of aromatic nitrogens is 1. The van der Waals surface area contributed by atoms with E-state index >= 15 is 0 Å². The normalized spacial score (nSPS) is 14.3. The van der Waals surface area contributed by atoms with Crippen molar-refractivity contribution in [3.8, 4) is 0 Å². The van der Waals surface area contributed by atoms with Gasteiger partial charge in [0.15, 0.2) is 0 Å². The minimum absolute atomic E-state index is 0.864. The molecule has 0 atom stereocenters. The molecule has 1 aromatic carbocycles. The topological polar surface area (TPSA) is 37.3 Å². The highest BCUT2D eigenvalue weighted by Gasteiger charge is 2.08. The van der Waals surface area contributed by atoms with Crippen LogP contribution in [0, 0.1) is 0 Å². The van der Waals surface area contributed by atoms with Gasteiger partial charge < -0.3 is 5.32 Å². The quantitative estimate of drug-likeness (QED) is 0.888. The van der Waals surface area contributed by atoms with Crippen molar-refractivity contribution in [2.75, 3.05) is 11.9 Å². The molecule has 0 saturated carbocycles. The van der Waals surface area contributed by atoms with E-state index in [0.29, 0.717) is 0 Å². The number of pyridine rings is 1. The first-order valence-electron chi connectivity index (χ1n) is 6.24. The Morgan fingerprint density at radius 2 is 1.89 bits per heavy atom. The second-order valence-electron chi connectivity index (χ2n) is 4.36. The molecule has 90 valence electrons. The average molecular weight is 237 g/mol. The fourth-order valence-corrected chi connectivity index (χ4v) is 2.08. The third-order valence-corrected chi connectivity index (χ3v) is 3.02. The van der Waals surface area contributed by atoms with Gasteiger partial charge in [0.2, 0.25) is 0 Å². The molecule has 0 aliphatic carbocycles. The van der Waals surface area contributed by atoms with Crippen molar-refractivity contribution in [3.63, 3.8) is 0 Å². The van der Waals surface area contributed by atoms with Gasteiger partial charge in [-0.05, 0) is 37.1 Å². The Kier molecular flexibility index (Phi) is 3.05. The van der Waals surface area contributed by atoms with Crippen molar-refractivity contribution >= 4 is 17.2 Å². The zero-order valence-corrected chi connectivity index (χ0v) is 10.1. The molecule has 0 spiro atoms. The van der Waals surface area contributed by atoms with E-state index in [-0.39, 0.29) is 0 Å². The molecule has 2 aromatic rings. The van der Waals surface area contributed by atoms with Crippen molar-refractivity contribution in [1.82, 2.24) is 4.98 Å². The standard InChI is InChI=1S/C15H15N3/c1-2-5-13(6-3-1)18-15-9-8-12(11-17-15)14-7-4-10-16-14/h1-3,5-6,8-9,11H,4,7,10H2,(H,17,18). The molecule has 2 heterocycles. The summed E-state index contributed by atoms with van der Waals surface area (Å²) in [4.78, 5) is 8.90. The van der Waals surface area contributed by atoms with E-state index in [1.165, 1.54) is 12.1 Å². The molecule has 0 saturated heterocycles.